The summed E-state index contributed by atoms with van der Waals surface area (Å²) in [5.41, 5.74) is -0.808. The number of hydrogen-bond donors (Lipinski definition) is 3. The van der Waals surface area contributed by atoms with Gasteiger partial charge >= 0.3 is 12.1 Å². The largest absolute Gasteiger partial charge is 0.506 e. The van der Waals surface area contributed by atoms with E-state index in [1.54, 1.807) is 26.8 Å². The number of carbonyl (C=O) groups excluding carboxylic acids is 1. The second-order valence-electron chi connectivity index (χ2n) is 6.60. The molecule has 2 rings (SSSR count). The molecular formula is C16H21NO5. The fraction of sp³-hybridized carbons (Fsp3) is 0.500. The molecule has 1 fully saturated rings. The Bertz CT molecular complexity index is 599. The fourth-order valence-corrected chi connectivity index (χ4v) is 2.50. The van der Waals surface area contributed by atoms with Crippen molar-refractivity contribution in [1.82, 2.24) is 0 Å². The van der Waals surface area contributed by atoms with E-state index in [0.717, 1.165) is 6.42 Å². The predicted octanol–water partition coefficient (Wildman–Crippen LogP) is 3.25. The minimum Gasteiger partial charge on any atom is -0.506 e. The average Bonchev–Trinajstić information content (AvgIpc) is 2.28. The van der Waals surface area contributed by atoms with E-state index < -0.39 is 23.1 Å². The minimum atomic E-state index is -0.915. The van der Waals surface area contributed by atoms with Crippen molar-refractivity contribution in [2.75, 3.05) is 5.32 Å². The molecule has 0 atom stereocenters. The highest BCUT2D eigenvalue weighted by Gasteiger charge is 2.46. The Morgan fingerprint density at radius 1 is 1.27 bits per heavy atom. The van der Waals surface area contributed by atoms with Gasteiger partial charge in [-0.05, 0) is 51.3 Å². The number of anilines is 1. The number of aliphatic carboxylic acids is 1. The second-order valence-corrected chi connectivity index (χ2v) is 6.60. The van der Waals surface area contributed by atoms with Gasteiger partial charge in [0.2, 0.25) is 0 Å². The van der Waals surface area contributed by atoms with Gasteiger partial charge in [0.05, 0.1) is 11.1 Å². The van der Waals surface area contributed by atoms with Crippen LogP contribution in [0.2, 0.25) is 0 Å². The summed E-state index contributed by atoms with van der Waals surface area (Å²) in [6.45, 7) is 5.22. The van der Waals surface area contributed by atoms with Gasteiger partial charge in [-0.25, -0.2) is 4.79 Å². The number of carbonyl (C=O) groups is 2. The number of rotatable bonds is 3. The molecule has 120 valence electrons. The van der Waals surface area contributed by atoms with E-state index in [-0.39, 0.29) is 11.4 Å². The summed E-state index contributed by atoms with van der Waals surface area (Å²) in [6, 6.07) is 4.53. The van der Waals surface area contributed by atoms with Crippen molar-refractivity contribution >= 4 is 17.7 Å². The van der Waals surface area contributed by atoms with Crippen molar-refractivity contribution in [3.63, 3.8) is 0 Å². The molecule has 6 nitrogen and oxygen atoms in total. The number of carboxylic acids is 1. The molecular weight excluding hydrogens is 286 g/mol. The Kier molecular flexibility index (Phi) is 4.04. The van der Waals surface area contributed by atoms with E-state index in [1.165, 1.54) is 12.1 Å². The van der Waals surface area contributed by atoms with E-state index in [2.05, 4.69) is 5.32 Å². The molecule has 0 bridgehead atoms. The van der Waals surface area contributed by atoms with Crippen LogP contribution in [-0.4, -0.2) is 27.9 Å². The van der Waals surface area contributed by atoms with Gasteiger partial charge in [-0.2, -0.15) is 0 Å². The summed E-state index contributed by atoms with van der Waals surface area (Å²) in [5, 5.41) is 21.9. The van der Waals surface area contributed by atoms with Gasteiger partial charge in [0.25, 0.3) is 0 Å². The molecule has 1 saturated carbocycles. The molecule has 0 aliphatic heterocycles. The number of nitrogens with one attached hydrogen (secondary N) is 1. The summed E-state index contributed by atoms with van der Waals surface area (Å²) < 4.78 is 5.11. The summed E-state index contributed by atoms with van der Waals surface area (Å²) in [4.78, 5) is 23.2. The van der Waals surface area contributed by atoms with Crippen LogP contribution >= 0.6 is 0 Å². The zero-order valence-electron chi connectivity index (χ0n) is 13.0. The van der Waals surface area contributed by atoms with E-state index in [0.29, 0.717) is 18.4 Å². The normalized spacial score (nSPS) is 16.5. The molecule has 3 N–H and O–H groups in total. The third-order valence-electron chi connectivity index (χ3n) is 3.80. The molecule has 0 radical (unpaired) electrons. The van der Waals surface area contributed by atoms with Crippen LogP contribution in [0.4, 0.5) is 10.5 Å². The van der Waals surface area contributed by atoms with E-state index in [1.807, 2.05) is 0 Å². The van der Waals surface area contributed by atoms with Crippen molar-refractivity contribution < 1.29 is 24.5 Å². The van der Waals surface area contributed by atoms with Gasteiger partial charge in [-0.1, -0.05) is 12.5 Å². The Hall–Kier alpha value is -2.24. The Morgan fingerprint density at radius 3 is 2.32 bits per heavy atom. The smallest absolute Gasteiger partial charge is 0.412 e. The molecule has 1 aromatic rings. The number of carboxylic acid groups (broad SMARTS) is 1. The van der Waals surface area contributed by atoms with Gasteiger partial charge in [0.1, 0.15) is 11.4 Å². The molecule has 0 saturated heterocycles. The first-order valence-electron chi connectivity index (χ1n) is 7.21. The summed E-state index contributed by atoms with van der Waals surface area (Å²) in [7, 11) is 0. The molecule has 1 aliphatic carbocycles. The van der Waals surface area contributed by atoms with Crippen molar-refractivity contribution in [3.8, 4) is 5.75 Å². The third kappa shape index (κ3) is 3.16. The van der Waals surface area contributed by atoms with Crippen LogP contribution < -0.4 is 5.32 Å². The summed E-state index contributed by atoms with van der Waals surface area (Å²) >= 11 is 0. The second kappa shape index (κ2) is 5.51. The molecule has 0 spiro atoms. The van der Waals surface area contributed by atoms with E-state index in [9.17, 15) is 19.8 Å². The van der Waals surface area contributed by atoms with Gasteiger partial charge in [-0.3, -0.25) is 10.1 Å². The van der Waals surface area contributed by atoms with Crippen molar-refractivity contribution in [2.24, 2.45) is 0 Å². The highest BCUT2D eigenvalue weighted by atomic mass is 16.6. The predicted molar refractivity (Wildman–Crippen MR) is 81.1 cm³/mol. The first kappa shape index (κ1) is 16.1. The minimum absolute atomic E-state index is 0.170. The first-order chi connectivity index (χ1) is 10.1. The van der Waals surface area contributed by atoms with Crippen LogP contribution in [0.1, 0.15) is 45.6 Å². The van der Waals surface area contributed by atoms with Gasteiger partial charge < -0.3 is 14.9 Å². The maximum atomic E-state index is 11.7. The van der Waals surface area contributed by atoms with Crippen LogP contribution in [0, 0.1) is 0 Å². The highest BCUT2D eigenvalue weighted by Crippen LogP contribution is 2.45. The third-order valence-corrected chi connectivity index (χ3v) is 3.80. The number of benzene rings is 1. The monoisotopic (exact) mass is 307 g/mol. The van der Waals surface area contributed by atoms with Crippen molar-refractivity contribution in [1.29, 1.82) is 0 Å². The maximum absolute atomic E-state index is 11.7. The number of aromatic hydroxyl groups is 1. The van der Waals surface area contributed by atoms with Crippen LogP contribution in [0.25, 0.3) is 0 Å². The lowest BCUT2D eigenvalue weighted by molar-refractivity contribution is -0.147. The zero-order valence-corrected chi connectivity index (χ0v) is 13.0. The topological polar surface area (TPSA) is 95.9 Å². The SMILES string of the molecule is CC(C)(C)OC(=O)Nc1ccc(C2(C(=O)O)CCC2)cc1O. The van der Waals surface area contributed by atoms with Crippen LogP contribution in [0.3, 0.4) is 0 Å². The lowest BCUT2D eigenvalue weighted by atomic mass is 9.64. The molecule has 0 aromatic heterocycles. The molecule has 1 aliphatic rings. The van der Waals surface area contributed by atoms with Crippen LogP contribution in [0.5, 0.6) is 5.75 Å². The van der Waals surface area contributed by atoms with Gasteiger partial charge in [-0.15, -0.1) is 0 Å². The molecule has 22 heavy (non-hydrogen) atoms. The number of ether oxygens (including phenoxy) is 1. The molecule has 1 aromatic carbocycles. The average molecular weight is 307 g/mol. The van der Waals surface area contributed by atoms with Crippen molar-refractivity contribution in [2.45, 2.75) is 51.0 Å². The Balaban J connectivity index is 2.17. The molecule has 0 heterocycles. The maximum Gasteiger partial charge on any atom is 0.412 e. The number of amides is 1. The quantitative estimate of drug-likeness (QED) is 0.745. The lowest BCUT2D eigenvalue weighted by Crippen LogP contribution is -2.42. The van der Waals surface area contributed by atoms with Crippen LogP contribution in [-0.2, 0) is 14.9 Å². The summed E-state index contributed by atoms with van der Waals surface area (Å²) in [6.07, 6.45) is 1.29. The van der Waals surface area contributed by atoms with Crippen LogP contribution in [0.15, 0.2) is 18.2 Å². The molecule has 1 amide bonds. The zero-order chi connectivity index (χ0) is 16.5. The van der Waals surface area contributed by atoms with Gasteiger partial charge in [0.15, 0.2) is 0 Å². The fourth-order valence-electron chi connectivity index (χ4n) is 2.50. The van der Waals surface area contributed by atoms with E-state index in [4.69, 9.17) is 4.74 Å². The highest BCUT2D eigenvalue weighted by molar-refractivity contribution is 5.88. The Morgan fingerprint density at radius 2 is 1.91 bits per heavy atom. The summed E-state index contributed by atoms with van der Waals surface area (Å²) in [5.74, 6) is -1.05. The molecule has 6 heteroatoms. The standard InChI is InChI=1S/C16H21NO5/c1-15(2,3)22-14(21)17-11-6-5-10(9-12(11)18)16(13(19)20)7-4-8-16/h5-6,9,18H,4,7-8H2,1-3H3,(H,17,21)(H,19,20). The lowest BCUT2D eigenvalue weighted by Gasteiger charge is -2.38. The Labute approximate surface area is 129 Å². The number of hydrogen-bond acceptors (Lipinski definition) is 4. The first-order valence-corrected chi connectivity index (χ1v) is 7.21. The van der Waals surface area contributed by atoms with E-state index >= 15 is 0 Å². The molecule has 0 unspecified atom stereocenters. The van der Waals surface area contributed by atoms with Crippen molar-refractivity contribution in [3.05, 3.63) is 23.8 Å². The van der Waals surface area contributed by atoms with Gasteiger partial charge in [0, 0.05) is 0 Å². The number of phenols is 1. The number of phenolic OH excluding ortho intramolecular Hbond substituents is 1.